The van der Waals surface area contributed by atoms with Crippen molar-refractivity contribution in [1.29, 1.82) is 0 Å². The van der Waals surface area contributed by atoms with Crippen LogP contribution in [-0.4, -0.2) is 50.7 Å². The maximum Gasteiger partial charge on any atom is 0.225 e. The van der Waals surface area contributed by atoms with Gasteiger partial charge in [0.25, 0.3) is 0 Å². The number of benzene rings is 2. The Morgan fingerprint density at radius 1 is 1.13 bits per heavy atom. The highest BCUT2D eigenvalue weighted by atomic mass is 32.2. The van der Waals surface area contributed by atoms with Gasteiger partial charge in [-0.25, -0.2) is 13.1 Å². The van der Waals surface area contributed by atoms with Crippen LogP contribution in [0, 0.1) is 5.92 Å². The van der Waals surface area contributed by atoms with Crippen LogP contribution < -0.4 is 9.62 Å². The molecule has 6 nitrogen and oxygen atoms in total. The van der Waals surface area contributed by atoms with Crippen molar-refractivity contribution in [1.82, 2.24) is 9.62 Å². The maximum atomic E-state index is 12.8. The second-order valence-electron chi connectivity index (χ2n) is 8.94. The van der Waals surface area contributed by atoms with Crippen molar-refractivity contribution in [2.45, 2.75) is 45.2 Å². The molecule has 0 aromatic heterocycles. The highest BCUT2D eigenvalue weighted by Gasteiger charge is 2.39. The minimum atomic E-state index is -3.35. The minimum Gasteiger partial charge on any atom is -0.341 e. The number of carbonyl (C=O) groups excluding carboxylic acids is 1. The Hall–Kier alpha value is -2.38. The Morgan fingerprint density at radius 3 is 2.65 bits per heavy atom. The molecule has 1 amide bonds. The number of amides is 1. The van der Waals surface area contributed by atoms with E-state index in [-0.39, 0.29) is 23.9 Å². The van der Waals surface area contributed by atoms with Crippen LogP contribution in [0.15, 0.2) is 48.5 Å². The first kappa shape index (κ1) is 21.8. The van der Waals surface area contributed by atoms with Gasteiger partial charge in [0, 0.05) is 36.4 Å². The van der Waals surface area contributed by atoms with Gasteiger partial charge in [-0.1, -0.05) is 44.2 Å². The van der Waals surface area contributed by atoms with E-state index in [1.807, 2.05) is 24.8 Å². The van der Waals surface area contributed by atoms with Gasteiger partial charge in [0.2, 0.25) is 15.9 Å². The van der Waals surface area contributed by atoms with Crippen molar-refractivity contribution >= 4 is 27.3 Å². The molecule has 2 aromatic carbocycles. The fourth-order valence-corrected chi connectivity index (χ4v) is 5.65. The molecule has 7 heteroatoms. The summed E-state index contributed by atoms with van der Waals surface area (Å²) in [5.74, 6) is -0.0423. The molecule has 0 unspecified atom stereocenters. The molecular formula is C24H31N3O3S. The van der Waals surface area contributed by atoms with Gasteiger partial charge in [0.05, 0.1) is 12.3 Å². The largest absolute Gasteiger partial charge is 0.341 e. The molecule has 0 saturated carbocycles. The highest BCUT2D eigenvalue weighted by Crippen LogP contribution is 2.35. The van der Waals surface area contributed by atoms with Gasteiger partial charge in [-0.2, -0.15) is 0 Å². The number of carbonyl (C=O) groups is 1. The maximum absolute atomic E-state index is 12.8. The summed E-state index contributed by atoms with van der Waals surface area (Å²) in [5, 5.41) is 0. The third kappa shape index (κ3) is 4.77. The average Bonchev–Trinajstić information content (AvgIpc) is 3.31. The number of rotatable bonds is 6. The number of nitrogens with one attached hydrogen (secondary N) is 1. The van der Waals surface area contributed by atoms with Crippen molar-refractivity contribution in [2.75, 3.05) is 24.2 Å². The fourth-order valence-electron chi connectivity index (χ4n) is 4.82. The number of likely N-dealkylation sites (tertiary alicyclic amines) is 1. The lowest BCUT2D eigenvalue weighted by molar-refractivity contribution is -0.135. The summed E-state index contributed by atoms with van der Waals surface area (Å²) in [6.45, 7) is 5.31. The van der Waals surface area contributed by atoms with Gasteiger partial charge in [-0.05, 0) is 48.6 Å². The SMILES string of the molecule is CC(C)C(=O)N1CC[C@H](NS(C)(=O)=O)[C@@H]1Cc1cccc(N2CCc3ccccc32)c1. The van der Waals surface area contributed by atoms with Gasteiger partial charge in [0.1, 0.15) is 0 Å². The van der Waals surface area contributed by atoms with Crippen LogP contribution in [0.25, 0.3) is 0 Å². The molecular weight excluding hydrogens is 410 g/mol. The standard InChI is InChI=1S/C24H31N3O3S/c1-17(2)24(28)27-14-12-21(25-31(3,29)30)23(27)16-18-7-6-9-20(15-18)26-13-11-19-8-4-5-10-22(19)26/h4-10,15,17,21,23,25H,11-14,16H2,1-3H3/t21-,23-/m0/s1. The first-order valence-corrected chi connectivity index (χ1v) is 12.8. The normalized spacial score (nSPS) is 21.0. The molecule has 2 aliphatic heterocycles. The molecule has 2 atom stereocenters. The molecule has 0 spiro atoms. The number of hydrogen-bond acceptors (Lipinski definition) is 4. The molecule has 1 saturated heterocycles. The third-order valence-corrected chi connectivity index (χ3v) is 6.97. The summed E-state index contributed by atoms with van der Waals surface area (Å²) in [6, 6.07) is 16.4. The summed E-state index contributed by atoms with van der Waals surface area (Å²) in [6.07, 6.45) is 3.47. The lowest BCUT2D eigenvalue weighted by atomic mass is 9.99. The van der Waals surface area contributed by atoms with E-state index in [9.17, 15) is 13.2 Å². The number of nitrogens with zero attached hydrogens (tertiary/aromatic N) is 2. The third-order valence-electron chi connectivity index (χ3n) is 6.24. The molecule has 31 heavy (non-hydrogen) atoms. The molecule has 1 fully saturated rings. The molecule has 2 aliphatic rings. The predicted molar refractivity (Wildman–Crippen MR) is 124 cm³/mol. The minimum absolute atomic E-state index is 0.0763. The average molecular weight is 442 g/mol. The van der Waals surface area contributed by atoms with Crippen LogP contribution in [0.5, 0.6) is 0 Å². The van der Waals surface area contributed by atoms with Gasteiger partial charge in [-0.3, -0.25) is 4.79 Å². The Balaban J connectivity index is 1.60. The summed E-state index contributed by atoms with van der Waals surface area (Å²) in [7, 11) is -3.35. The first-order chi connectivity index (χ1) is 14.7. The molecule has 166 valence electrons. The lowest BCUT2D eigenvalue weighted by Gasteiger charge is -2.30. The van der Waals surface area contributed by atoms with E-state index in [0.717, 1.165) is 24.2 Å². The van der Waals surface area contributed by atoms with Crippen molar-refractivity contribution in [3.05, 3.63) is 59.7 Å². The zero-order chi connectivity index (χ0) is 22.2. The highest BCUT2D eigenvalue weighted by molar-refractivity contribution is 7.88. The van der Waals surface area contributed by atoms with Crippen molar-refractivity contribution in [2.24, 2.45) is 5.92 Å². The molecule has 4 rings (SSSR count). The number of anilines is 2. The van der Waals surface area contributed by atoms with Crippen molar-refractivity contribution < 1.29 is 13.2 Å². The Morgan fingerprint density at radius 2 is 1.90 bits per heavy atom. The van der Waals surface area contributed by atoms with Crippen LogP contribution in [0.3, 0.4) is 0 Å². The van der Waals surface area contributed by atoms with Crippen molar-refractivity contribution in [3.8, 4) is 0 Å². The number of fused-ring (bicyclic) bond motifs is 1. The second kappa shape index (κ2) is 8.63. The van der Waals surface area contributed by atoms with Gasteiger partial charge >= 0.3 is 0 Å². The Bertz CT molecular complexity index is 1070. The molecule has 1 N–H and O–H groups in total. The topological polar surface area (TPSA) is 69.7 Å². The van der Waals surface area contributed by atoms with Crippen molar-refractivity contribution in [3.63, 3.8) is 0 Å². The monoisotopic (exact) mass is 441 g/mol. The number of hydrogen-bond donors (Lipinski definition) is 1. The van der Waals surface area contributed by atoms with E-state index in [0.29, 0.717) is 19.4 Å². The lowest BCUT2D eigenvalue weighted by Crippen LogP contribution is -2.48. The van der Waals surface area contributed by atoms with E-state index in [2.05, 4.69) is 52.1 Å². The predicted octanol–water partition coefficient (Wildman–Crippen LogP) is 3.10. The molecule has 0 radical (unpaired) electrons. The first-order valence-electron chi connectivity index (χ1n) is 10.9. The van der Waals surface area contributed by atoms with Crippen LogP contribution in [0.4, 0.5) is 11.4 Å². The molecule has 0 bridgehead atoms. The summed E-state index contributed by atoms with van der Waals surface area (Å²) < 4.78 is 26.6. The molecule has 2 heterocycles. The summed E-state index contributed by atoms with van der Waals surface area (Å²) in [4.78, 5) is 17.0. The fraction of sp³-hybridized carbons (Fsp3) is 0.458. The second-order valence-corrected chi connectivity index (χ2v) is 10.7. The Labute approximate surface area is 185 Å². The summed E-state index contributed by atoms with van der Waals surface area (Å²) >= 11 is 0. The van der Waals surface area contributed by atoms with E-state index in [1.165, 1.54) is 17.5 Å². The zero-order valence-corrected chi connectivity index (χ0v) is 19.2. The smallest absolute Gasteiger partial charge is 0.225 e. The zero-order valence-electron chi connectivity index (χ0n) is 18.4. The van der Waals surface area contributed by atoms with E-state index < -0.39 is 10.0 Å². The van der Waals surface area contributed by atoms with Gasteiger partial charge in [0.15, 0.2) is 0 Å². The van der Waals surface area contributed by atoms with Crippen LogP contribution >= 0.6 is 0 Å². The van der Waals surface area contributed by atoms with Crippen LogP contribution in [0.2, 0.25) is 0 Å². The number of para-hydroxylation sites is 1. The van der Waals surface area contributed by atoms with Crippen LogP contribution in [0.1, 0.15) is 31.4 Å². The van der Waals surface area contributed by atoms with E-state index in [4.69, 9.17) is 0 Å². The quantitative estimate of drug-likeness (QED) is 0.748. The molecule has 2 aromatic rings. The Kier molecular flexibility index (Phi) is 6.08. The van der Waals surface area contributed by atoms with Gasteiger partial charge in [-0.15, -0.1) is 0 Å². The van der Waals surface area contributed by atoms with Crippen LogP contribution in [-0.2, 0) is 27.7 Å². The summed E-state index contributed by atoms with van der Waals surface area (Å²) in [5.41, 5.74) is 4.84. The molecule has 0 aliphatic carbocycles. The van der Waals surface area contributed by atoms with Gasteiger partial charge < -0.3 is 9.80 Å². The van der Waals surface area contributed by atoms with E-state index >= 15 is 0 Å². The van der Waals surface area contributed by atoms with E-state index in [1.54, 1.807) is 0 Å². The number of sulfonamides is 1.